The number of benzene rings is 1. The molecule has 2 aliphatic rings. The second kappa shape index (κ2) is 4.89. The molecule has 0 spiro atoms. The normalized spacial score (nSPS) is 27.8. The number of rotatable bonds is 1. The summed E-state index contributed by atoms with van der Waals surface area (Å²) in [4.78, 5) is 0.684. The Balaban J connectivity index is 1.84. The van der Waals surface area contributed by atoms with Gasteiger partial charge < -0.3 is 9.47 Å². The predicted octanol–water partition coefficient (Wildman–Crippen LogP) is 3.88. The molecule has 1 aromatic carbocycles. The van der Waals surface area contributed by atoms with Crippen molar-refractivity contribution in [1.82, 2.24) is 0 Å². The SMILES string of the molecule is BrC1CCC(c2ccc3c(c2)OCCCO3)C1. The summed E-state index contributed by atoms with van der Waals surface area (Å²) >= 11 is 3.71. The molecule has 1 aliphatic carbocycles. The Labute approximate surface area is 110 Å². The Morgan fingerprint density at radius 2 is 1.88 bits per heavy atom. The van der Waals surface area contributed by atoms with E-state index in [0.717, 1.165) is 31.1 Å². The first-order valence-corrected chi connectivity index (χ1v) is 7.28. The fraction of sp³-hybridized carbons (Fsp3) is 0.571. The van der Waals surface area contributed by atoms with Crippen molar-refractivity contribution in [1.29, 1.82) is 0 Å². The molecule has 1 saturated carbocycles. The van der Waals surface area contributed by atoms with Gasteiger partial charge in [0.25, 0.3) is 0 Å². The molecule has 1 heterocycles. The summed E-state index contributed by atoms with van der Waals surface area (Å²) in [6.45, 7) is 1.53. The van der Waals surface area contributed by atoms with E-state index in [1.165, 1.54) is 24.8 Å². The quantitative estimate of drug-likeness (QED) is 0.732. The van der Waals surface area contributed by atoms with Crippen LogP contribution in [0.25, 0.3) is 0 Å². The van der Waals surface area contributed by atoms with Gasteiger partial charge in [0.1, 0.15) is 0 Å². The first kappa shape index (κ1) is 11.4. The summed E-state index contributed by atoms with van der Waals surface area (Å²) in [5.41, 5.74) is 1.40. The number of hydrogen-bond donors (Lipinski definition) is 0. The van der Waals surface area contributed by atoms with Crippen LogP contribution in [-0.2, 0) is 0 Å². The van der Waals surface area contributed by atoms with Gasteiger partial charge in [0.2, 0.25) is 0 Å². The molecule has 0 saturated heterocycles. The smallest absolute Gasteiger partial charge is 0.161 e. The van der Waals surface area contributed by atoms with Crippen molar-refractivity contribution in [3.05, 3.63) is 23.8 Å². The van der Waals surface area contributed by atoms with Crippen LogP contribution in [0.3, 0.4) is 0 Å². The lowest BCUT2D eigenvalue weighted by Crippen LogP contribution is -1.98. The van der Waals surface area contributed by atoms with Crippen molar-refractivity contribution in [3.8, 4) is 11.5 Å². The van der Waals surface area contributed by atoms with Crippen molar-refractivity contribution >= 4 is 15.9 Å². The highest BCUT2D eigenvalue weighted by Gasteiger charge is 2.25. The molecule has 1 aromatic rings. The summed E-state index contributed by atoms with van der Waals surface area (Å²) in [6.07, 6.45) is 4.76. The second-order valence-electron chi connectivity index (χ2n) is 4.86. The van der Waals surface area contributed by atoms with Crippen LogP contribution < -0.4 is 9.47 Å². The molecule has 0 amide bonds. The number of alkyl halides is 1. The molecule has 2 unspecified atom stereocenters. The fourth-order valence-electron chi connectivity index (χ4n) is 2.66. The van der Waals surface area contributed by atoms with E-state index in [9.17, 15) is 0 Å². The van der Waals surface area contributed by atoms with Gasteiger partial charge in [-0.25, -0.2) is 0 Å². The van der Waals surface area contributed by atoms with Gasteiger partial charge in [-0.15, -0.1) is 0 Å². The third-order valence-electron chi connectivity index (χ3n) is 3.61. The molecule has 3 heteroatoms. The molecule has 92 valence electrons. The van der Waals surface area contributed by atoms with Gasteiger partial charge in [0, 0.05) is 11.2 Å². The summed E-state index contributed by atoms with van der Waals surface area (Å²) in [5, 5.41) is 0. The van der Waals surface area contributed by atoms with Gasteiger partial charge in [-0.3, -0.25) is 0 Å². The minimum atomic E-state index is 0.677. The van der Waals surface area contributed by atoms with E-state index in [0.29, 0.717) is 10.7 Å². The van der Waals surface area contributed by atoms with E-state index in [4.69, 9.17) is 9.47 Å². The molecule has 2 atom stereocenters. The van der Waals surface area contributed by atoms with Crippen molar-refractivity contribution in [2.45, 2.75) is 36.4 Å². The van der Waals surface area contributed by atoms with Crippen LogP contribution in [0.1, 0.15) is 37.2 Å². The lowest BCUT2D eigenvalue weighted by molar-refractivity contribution is 0.297. The molecule has 17 heavy (non-hydrogen) atoms. The number of halogens is 1. The molecular formula is C14H17BrO2. The average molecular weight is 297 g/mol. The highest BCUT2D eigenvalue weighted by Crippen LogP contribution is 2.41. The number of fused-ring (bicyclic) bond motifs is 1. The van der Waals surface area contributed by atoms with Gasteiger partial charge in [0.15, 0.2) is 11.5 Å². The van der Waals surface area contributed by atoms with Crippen LogP contribution in [0.5, 0.6) is 11.5 Å². The Kier molecular flexibility index (Phi) is 3.28. The van der Waals surface area contributed by atoms with Crippen molar-refractivity contribution < 1.29 is 9.47 Å². The lowest BCUT2D eigenvalue weighted by Gasteiger charge is -2.13. The maximum absolute atomic E-state index is 5.74. The lowest BCUT2D eigenvalue weighted by atomic mass is 9.97. The molecule has 0 N–H and O–H groups in total. The van der Waals surface area contributed by atoms with Gasteiger partial charge in [-0.05, 0) is 42.9 Å². The van der Waals surface area contributed by atoms with E-state index in [2.05, 4.69) is 34.1 Å². The molecular weight excluding hydrogens is 280 g/mol. The molecule has 3 rings (SSSR count). The van der Waals surface area contributed by atoms with Gasteiger partial charge in [0.05, 0.1) is 13.2 Å². The molecule has 1 aliphatic heterocycles. The van der Waals surface area contributed by atoms with E-state index in [-0.39, 0.29) is 0 Å². The van der Waals surface area contributed by atoms with E-state index < -0.39 is 0 Å². The van der Waals surface area contributed by atoms with Crippen molar-refractivity contribution in [2.75, 3.05) is 13.2 Å². The van der Waals surface area contributed by atoms with Crippen LogP contribution in [0.15, 0.2) is 18.2 Å². The highest BCUT2D eigenvalue weighted by atomic mass is 79.9. The zero-order chi connectivity index (χ0) is 11.7. The molecule has 0 radical (unpaired) electrons. The third kappa shape index (κ3) is 2.44. The Morgan fingerprint density at radius 1 is 1.06 bits per heavy atom. The van der Waals surface area contributed by atoms with Crippen LogP contribution >= 0.6 is 15.9 Å². The number of hydrogen-bond acceptors (Lipinski definition) is 2. The largest absolute Gasteiger partial charge is 0.490 e. The van der Waals surface area contributed by atoms with E-state index >= 15 is 0 Å². The first-order valence-electron chi connectivity index (χ1n) is 6.36. The Bertz CT molecular complexity index is 405. The van der Waals surface area contributed by atoms with Crippen LogP contribution in [0, 0.1) is 0 Å². The maximum atomic E-state index is 5.74. The molecule has 0 bridgehead atoms. The van der Waals surface area contributed by atoms with Crippen LogP contribution in [-0.4, -0.2) is 18.0 Å². The monoisotopic (exact) mass is 296 g/mol. The summed E-state index contributed by atoms with van der Waals surface area (Å²) in [7, 11) is 0. The van der Waals surface area contributed by atoms with Gasteiger partial charge >= 0.3 is 0 Å². The minimum absolute atomic E-state index is 0.677. The van der Waals surface area contributed by atoms with E-state index in [1.807, 2.05) is 0 Å². The summed E-state index contributed by atoms with van der Waals surface area (Å²) < 4.78 is 11.4. The zero-order valence-electron chi connectivity index (χ0n) is 9.82. The molecule has 0 aromatic heterocycles. The standard InChI is InChI=1S/C14H17BrO2/c15-12-4-2-10(8-12)11-3-5-13-14(9-11)17-7-1-6-16-13/h3,5,9-10,12H,1-2,4,6-8H2. The van der Waals surface area contributed by atoms with Crippen LogP contribution in [0.2, 0.25) is 0 Å². The zero-order valence-corrected chi connectivity index (χ0v) is 11.4. The first-order chi connectivity index (χ1) is 8.33. The molecule has 2 nitrogen and oxygen atoms in total. The maximum Gasteiger partial charge on any atom is 0.161 e. The predicted molar refractivity (Wildman–Crippen MR) is 71.4 cm³/mol. The second-order valence-corrected chi connectivity index (χ2v) is 6.16. The average Bonchev–Trinajstić information content (AvgIpc) is 2.64. The minimum Gasteiger partial charge on any atom is -0.490 e. The highest BCUT2D eigenvalue weighted by molar-refractivity contribution is 9.09. The third-order valence-corrected chi connectivity index (χ3v) is 4.44. The van der Waals surface area contributed by atoms with Crippen molar-refractivity contribution in [2.24, 2.45) is 0 Å². The van der Waals surface area contributed by atoms with Crippen LogP contribution in [0.4, 0.5) is 0 Å². The van der Waals surface area contributed by atoms with Gasteiger partial charge in [-0.2, -0.15) is 0 Å². The summed E-state index contributed by atoms with van der Waals surface area (Å²) in [5.74, 6) is 2.51. The topological polar surface area (TPSA) is 18.5 Å². The fourth-order valence-corrected chi connectivity index (χ4v) is 3.38. The Hall–Kier alpha value is -0.700. The van der Waals surface area contributed by atoms with Crippen molar-refractivity contribution in [3.63, 3.8) is 0 Å². The summed E-state index contributed by atoms with van der Waals surface area (Å²) in [6, 6.07) is 6.44. The van der Waals surface area contributed by atoms with Gasteiger partial charge in [-0.1, -0.05) is 22.0 Å². The number of ether oxygens (including phenoxy) is 2. The van der Waals surface area contributed by atoms with E-state index in [1.54, 1.807) is 0 Å². The Morgan fingerprint density at radius 3 is 2.65 bits per heavy atom. The molecule has 1 fully saturated rings.